The van der Waals surface area contributed by atoms with Gasteiger partial charge >= 0.3 is 5.97 Å². The van der Waals surface area contributed by atoms with Gasteiger partial charge in [0.2, 0.25) is 11.7 Å². The Morgan fingerprint density at radius 3 is 2.73 bits per heavy atom. The van der Waals surface area contributed by atoms with Gasteiger partial charge in [-0.1, -0.05) is 5.92 Å². The maximum Gasteiger partial charge on any atom is 0.339 e. The number of pyridine rings is 1. The van der Waals surface area contributed by atoms with E-state index < -0.39 is 11.9 Å². The van der Waals surface area contributed by atoms with Crippen LogP contribution in [-0.4, -0.2) is 48.7 Å². The normalized spacial score (nSPS) is 10.1. The summed E-state index contributed by atoms with van der Waals surface area (Å²) in [5.74, 6) is 4.36. The van der Waals surface area contributed by atoms with E-state index in [9.17, 15) is 20.0 Å². The first-order valence-electron chi connectivity index (χ1n) is 9.29. The van der Waals surface area contributed by atoms with E-state index in [1.807, 2.05) is 6.07 Å². The Bertz CT molecular complexity index is 1510. The fourth-order valence-corrected chi connectivity index (χ4v) is 2.97. The molecule has 0 aliphatic carbocycles. The van der Waals surface area contributed by atoms with Crippen molar-refractivity contribution in [1.29, 1.82) is 5.26 Å². The van der Waals surface area contributed by atoms with Crippen molar-refractivity contribution in [2.45, 2.75) is 0 Å². The van der Waals surface area contributed by atoms with Crippen molar-refractivity contribution >= 4 is 23.2 Å². The van der Waals surface area contributed by atoms with Crippen molar-refractivity contribution in [2.24, 2.45) is 0 Å². The molecule has 0 fully saturated rings. The molecule has 3 aromatic heterocycles. The molecule has 0 spiro atoms. The first-order chi connectivity index (χ1) is 16.0. The number of carbonyl (C=O) groups is 2. The fraction of sp³-hybridized carbons (Fsp3) is 0.0455. The second kappa shape index (κ2) is 8.83. The van der Waals surface area contributed by atoms with Crippen molar-refractivity contribution < 1.29 is 19.4 Å². The molecule has 0 bridgehead atoms. The second-order valence-corrected chi connectivity index (χ2v) is 6.50. The molecule has 1 aromatic carbocycles. The smallest absolute Gasteiger partial charge is 0.339 e. The molecule has 3 heterocycles. The van der Waals surface area contributed by atoms with Crippen LogP contribution in [0.4, 0.5) is 5.69 Å². The molecule has 33 heavy (non-hydrogen) atoms. The van der Waals surface area contributed by atoms with Crippen LogP contribution in [0.25, 0.3) is 5.65 Å². The molecular weight excluding hydrogens is 426 g/mol. The number of nitrogens with zero attached hydrogens (tertiary/aromatic N) is 6. The Balaban J connectivity index is 1.67. The average molecular weight is 439 g/mol. The van der Waals surface area contributed by atoms with Gasteiger partial charge in [0.1, 0.15) is 17.5 Å². The summed E-state index contributed by atoms with van der Waals surface area (Å²) in [6.45, 7) is 0. The summed E-state index contributed by atoms with van der Waals surface area (Å²) in [5.41, 5.74) is 1.30. The Labute approximate surface area is 186 Å². The Hall–Kier alpha value is -5.29. The summed E-state index contributed by atoms with van der Waals surface area (Å²) < 4.78 is 6.53. The number of carboxylic acids is 1. The van der Waals surface area contributed by atoms with Crippen molar-refractivity contribution in [2.75, 3.05) is 12.4 Å². The lowest BCUT2D eigenvalue weighted by Gasteiger charge is -2.08. The third kappa shape index (κ3) is 4.28. The van der Waals surface area contributed by atoms with Crippen molar-refractivity contribution in [3.05, 3.63) is 77.1 Å². The van der Waals surface area contributed by atoms with Crippen LogP contribution in [0.5, 0.6) is 5.88 Å². The maximum atomic E-state index is 12.6. The van der Waals surface area contributed by atoms with Gasteiger partial charge in [-0.2, -0.15) is 5.26 Å². The number of fused-ring (bicyclic) bond motifs is 1. The average Bonchev–Trinajstić information content (AvgIpc) is 3.25. The van der Waals surface area contributed by atoms with Crippen LogP contribution in [0.3, 0.4) is 0 Å². The van der Waals surface area contributed by atoms with Crippen molar-refractivity contribution in [1.82, 2.24) is 24.6 Å². The van der Waals surface area contributed by atoms with E-state index >= 15 is 0 Å². The minimum Gasteiger partial charge on any atom is -0.480 e. The van der Waals surface area contributed by atoms with E-state index in [1.54, 1.807) is 24.4 Å². The number of benzene rings is 1. The zero-order valence-corrected chi connectivity index (χ0v) is 17.0. The third-order valence-electron chi connectivity index (χ3n) is 4.42. The zero-order valence-electron chi connectivity index (χ0n) is 17.0. The summed E-state index contributed by atoms with van der Waals surface area (Å²) in [6.07, 6.45) is 4.17. The molecular formula is C22H13N7O4. The molecule has 0 unspecified atom stereocenters. The minimum atomic E-state index is -1.13. The van der Waals surface area contributed by atoms with Crippen LogP contribution in [-0.2, 0) is 0 Å². The van der Waals surface area contributed by atoms with Crippen molar-refractivity contribution in [3.63, 3.8) is 0 Å². The highest BCUT2D eigenvalue weighted by Crippen LogP contribution is 2.18. The number of aromatic carboxylic acids is 1. The lowest BCUT2D eigenvalue weighted by molar-refractivity contribution is 0.0698. The molecule has 4 rings (SSSR count). The van der Waals surface area contributed by atoms with Crippen LogP contribution in [0.2, 0.25) is 0 Å². The maximum absolute atomic E-state index is 12.6. The number of amides is 1. The van der Waals surface area contributed by atoms with Gasteiger partial charge in [0.25, 0.3) is 5.91 Å². The van der Waals surface area contributed by atoms with Gasteiger partial charge in [-0.15, -0.1) is 10.2 Å². The van der Waals surface area contributed by atoms with Gasteiger partial charge in [-0.25, -0.2) is 14.8 Å². The number of ether oxygens (including phenoxy) is 1. The van der Waals surface area contributed by atoms with Crippen LogP contribution < -0.4 is 10.1 Å². The molecule has 0 aliphatic heterocycles. The number of hydrogen-bond acceptors (Lipinski definition) is 8. The molecule has 0 saturated heterocycles. The van der Waals surface area contributed by atoms with Crippen LogP contribution in [0.15, 0.2) is 49.1 Å². The monoisotopic (exact) mass is 439 g/mol. The quantitative estimate of drug-likeness (QED) is 0.452. The van der Waals surface area contributed by atoms with Crippen LogP contribution >= 0.6 is 0 Å². The van der Waals surface area contributed by atoms with E-state index in [0.717, 1.165) is 0 Å². The zero-order chi connectivity index (χ0) is 23.4. The first-order valence-corrected chi connectivity index (χ1v) is 9.29. The van der Waals surface area contributed by atoms with Gasteiger partial charge in [0.15, 0.2) is 5.65 Å². The number of aromatic nitrogens is 5. The summed E-state index contributed by atoms with van der Waals surface area (Å²) >= 11 is 0. The molecule has 0 aliphatic rings. The van der Waals surface area contributed by atoms with Crippen LogP contribution in [0, 0.1) is 23.2 Å². The minimum absolute atomic E-state index is 0.00477. The van der Waals surface area contributed by atoms with E-state index in [0.29, 0.717) is 11.3 Å². The predicted octanol–water partition coefficient (Wildman–Crippen LogP) is 1.75. The van der Waals surface area contributed by atoms with Crippen molar-refractivity contribution in [3.8, 4) is 23.8 Å². The molecule has 11 nitrogen and oxygen atoms in total. The Morgan fingerprint density at radius 1 is 1.15 bits per heavy atom. The SMILES string of the molecule is COc1ncncc1C(=O)Nc1cc(C#N)cc(C#Cc2nnc3c(C(=O)O)cccn23)c1. The Morgan fingerprint density at radius 2 is 1.97 bits per heavy atom. The third-order valence-corrected chi connectivity index (χ3v) is 4.42. The van der Waals surface area contributed by atoms with E-state index in [2.05, 4.69) is 37.3 Å². The van der Waals surface area contributed by atoms with Gasteiger partial charge in [0.05, 0.1) is 18.7 Å². The summed E-state index contributed by atoms with van der Waals surface area (Å²) in [4.78, 5) is 31.7. The summed E-state index contributed by atoms with van der Waals surface area (Å²) in [5, 5.41) is 29.1. The second-order valence-electron chi connectivity index (χ2n) is 6.50. The Kier molecular flexibility index (Phi) is 5.61. The summed E-state index contributed by atoms with van der Waals surface area (Å²) in [7, 11) is 1.39. The number of carbonyl (C=O) groups excluding carboxylic acids is 1. The predicted molar refractivity (Wildman–Crippen MR) is 114 cm³/mol. The van der Waals surface area contributed by atoms with Gasteiger partial charge in [0, 0.05) is 23.6 Å². The standard InChI is InChI=1S/C22H13N7O4/c1-33-21-17(11-24-12-25-21)20(30)26-15-8-13(7-14(9-15)10-23)4-5-18-27-28-19-16(22(31)32)3-2-6-29(18)19/h2-3,6-9,11-12H,1H3,(H,26,30)(H,31,32). The van der Waals surface area contributed by atoms with Gasteiger partial charge in [-0.05, 0) is 36.3 Å². The number of anilines is 1. The molecule has 11 heteroatoms. The molecule has 0 radical (unpaired) electrons. The molecule has 2 N–H and O–H groups in total. The number of hydrogen-bond donors (Lipinski definition) is 2. The van der Waals surface area contributed by atoms with Crippen LogP contribution in [0.1, 0.15) is 37.7 Å². The molecule has 0 saturated carbocycles. The number of methoxy groups -OCH3 is 1. The number of nitriles is 1. The molecule has 4 aromatic rings. The van der Waals surface area contributed by atoms with E-state index in [-0.39, 0.29) is 34.0 Å². The number of carboxylic acid groups (broad SMARTS) is 1. The van der Waals surface area contributed by atoms with E-state index in [4.69, 9.17) is 4.74 Å². The van der Waals surface area contributed by atoms with E-state index in [1.165, 1.54) is 36.2 Å². The highest BCUT2D eigenvalue weighted by Gasteiger charge is 2.15. The van der Waals surface area contributed by atoms with Gasteiger partial charge in [-0.3, -0.25) is 9.20 Å². The summed E-state index contributed by atoms with van der Waals surface area (Å²) in [6, 6.07) is 9.60. The fourth-order valence-electron chi connectivity index (χ4n) is 2.97. The van der Waals surface area contributed by atoms with Gasteiger partial charge < -0.3 is 15.2 Å². The number of rotatable bonds is 4. The highest BCUT2D eigenvalue weighted by molar-refractivity contribution is 6.05. The number of nitrogens with one attached hydrogen (secondary N) is 1. The first kappa shape index (κ1) is 21.0. The lowest BCUT2D eigenvalue weighted by atomic mass is 10.1. The molecule has 160 valence electrons. The largest absolute Gasteiger partial charge is 0.480 e. The molecule has 1 amide bonds. The highest BCUT2D eigenvalue weighted by atomic mass is 16.5. The molecule has 0 atom stereocenters. The topological polar surface area (TPSA) is 155 Å². The lowest BCUT2D eigenvalue weighted by Crippen LogP contribution is -2.14.